The first-order chi connectivity index (χ1) is 8.74. The summed E-state index contributed by atoms with van der Waals surface area (Å²) in [6, 6.07) is 0. The van der Waals surface area contributed by atoms with Gasteiger partial charge in [-0.25, -0.2) is 0 Å². The summed E-state index contributed by atoms with van der Waals surface area (Å²) in [6.45, 7) is 1.21. The van der Waals surface area contributed by atoms with E-state index in [0.717, 1.165) is 17.7 Å². The number of carbonyl (C=O) groups is 1. The van der Waals surface area contributed by atoms with Crippen LogP contribution in [0.15, 0.2) is 11.7 Å². The first-order valence-corrected chi connectivity index (χ1v) is 7.46. The van der Waals surface area contributed by atoms with Crippen LogP contribution in [0, 0.1) is 5.41 Å². The first-order valence-electron chi connectivity index (χ1n) is 6.58. The second kappa shape index (κ2) is 6.29. The summed E-state index contributed by atoms with van der Waals surface area (Å²) in [7, 11) is 0. The topological polar surface area (TPSA) is 68.0 Å². The van der Waals surface area contributed by atoms with Crippen molar-refractivity contribution in [2.45, 2.75) is 45.1 Å². The third-order valence-electron chi connectivity index (χ3n) is 3.83. The van der Waals surface area contributed by atoms with Crippen molar-refractivity contribution < 1.29 is 4.79 Å². The fraction of sp³-hybridized carbons (Fsp3) is 0.692. The number of carbonyl (C=O) groups excluding carboxylic acids is 1. The first kappa shape index (κ1) is 13.5. The lowest BCUT2D eigenvalue weighted by Gasteiger charge is -2.35. The van der Waals surface area contributed by atoms with Gasteiger partial charge in [0.05, 0.1) is 12.1 Å². The van der Waals surface area contributed by atoms with E-state index in [1.165, 1.54) is 19.3 Å². The number of amides is 1. The van der Waals surface area contributed by atoms with Crippen LogP contribution < -0.4 is 11.1 Å². The predicted octanol–water partition coefficient (Wildman–Crippen LogP) is 2.06. The smallest absolute Gasteiger partial charge is 0.220 e. The van der Waals surface area contributed by atoms with Crippen LogP contribution in [-0.2, 0) is 11.3 Å². The summed E-state index contributed by atoms with van der Waals surface area (Å²) in [6.07, 6.45) is 8.25. The average molecular weight is 267 g/mol. The standard InChI is InChI=1S/C13H21N3OS/c14-9-13(4-2-1-3-5-13)6-12(17)16-8-11-7-15-10-18-11/h7,10H,1-6,8-9,14H2,(H,16,17). The van der Waals surface area contributed by atoms with Gasteiger partial charge in [0.1, 0.15) is 0 Å². The lowest BCUT2D eigenvalue weighted by Crippen LogP contribution is -2.38. The molecule has 1 fully saturated rings. The quantitative estimate of drug-likeness (QED) is 0.858. The van der Waals surface area contributed by atoms with Crippen molar-refractivity contribution in [2.24, 2.45) is 11.1 Å². The molecule has 4 nitrogen and oxygen atoms in total. The number of nitrogens with zero attached hydrogens (tertiary/aromatic N) is 1. The molecule has 1 amide bonds. The molecule has 3 N–H and O–H groups in total. The molecule has 1 aromatic heterocycles. The fourth-order valence-corrected chi connectivity index (χ4v) is 3.21. The fourth-order valence-electron chi connectivity index (χ4n) is 2.67. The minimum Gasteiger partial charge on any atom is -0.351 e. The van der Waals surface area contributed by atoms with Crippen molar-refractivity contribution in [3.63, 3.8) is 0 Å². The molecule has 0 spiro atoms. The molecular weight excluding hydrogens is 246 g/mol. The molecule has 1 aliphatic carbocycles. The van der Waals surface area contributed by atoms with E-state index in [1.54, 1.807) is 23.0 Å². The largest absolute Gasteiger partial charge is 0.351 e. The molecule has 18 heavy (non-hydrogen) atoms. The van der Waals surface area contributed by atoms with E-state index in [9.17, 15) is 4.79 Å². The summed E-state index contributed by atoms with van der Waals surface area (Å²) in [5.74, 6) is 0.121. The molecule has 2 rings (SSSR count). The number of rotatable bonds is 5. The zero-order chi connectivity index (χ0) is 12.8. The van der Waals surface area contributed by atoms with Crippen molar-refractivity contribution in [3.8, 4) is 0 Å². The van der Waals surface area contributed by atoms with Crippen LogP contribution in [0.2, 0.25) is 0 Å². The normalized spacial score (nSPS) is 18.5. The lowest BCUT2D eigenvalue weighted by molar-refractivity contribution is -0.124. The Morgan fingerprint density at radius 2 is 2.22 bits per heavy atom. The van der Waals surface area contributed by atoms with Crippen molar-refractivity contribution in [1.82, 2.24) is 10.3 Å². The van der Waals surface area contributed by atoms with E-state index < -0.39 is 0 Å². The predicted molar refractivity (Wildman–Crippen MR) is 73.2 cm³/mol. The maximum atomic E-state index is 12.0. The monoisotopic (exact) mass is 267 g/mol. The molecule has 5 heteroatoms. The van der Waals surface area contributed by atoms with Crippen LogP contribution in [0.5, 0.6) is 0 Å². The molecule has 0 aliphatic heterocycles. The van der Waals surface area contributed by atoms with Gasteiger partial charge in [-0.3, -0.25) is 9.78 Å². The zero-order valence-electron chi connectivity index (χ0n) is 10.7. The molecule has 1 aliphatic rings. The molecule has 1 aromatic rings. The molecule has 1 heterocycles. The van der Waals surface area contributed by atoms with Crippen molar-refractivity contribution >= 4 is 17.2 Å². The molecule has 0 unspecified atom stereocenters. The van der Waals surface area contributed by atoms with Crippen LogP contribution in [0.25, 0.3) is 0 Å². The summed E-state index contributed by atoms with van der Waals surface area (Å²) >= 11 is 1.57. The number of aromatic nitrogens is 1. The Morgan fingerprint density at radius 1 is 1.44 bits per heavy atom. The van der Waals surface area contributed by atoms with E-state index >= 15 is 0 Å². The van der Waals surface area contributed by atoms with Crippen molar-refractivity contribution in [1.29, 1.82) is 0 Å². The van der Waals surface area contributed by atoms with Gasteiger partial charge >= 0.3 is 0 Å². The number of hydrogen-bond donors (Lipinski definition) is 2. The highest BCUT2D eigenvalue weighted by Crippen LogP contribution is 2.38. The number of nitrogens with one attached hydrogen (secondary N) is 1. The van der Waals surface area contributed by atoms with Gasteiger partial charge in [0, 0.05) is 17.5 Å². The van der Waals surface area contributed by atoms with Gasteiger partial charge < -0.3 is 11.1 Å². The maximum absolute atomic E-state index is 12.0. The number of thiazole rings is 1. The third-order valence-corrected chi connectivity index (χ3v) is 4.61. The summed E-state index contributed by atoms with van der Waals surface area (Å²) in [5.41, 5.74) is 7.72. The van der Waals surface area contributed by atoms with E-state index in [0.29, 0.717) is 19.5 Å². The van der Waals surface area contributed by atoms with E-state index in [1.807, 2.05) is 0 Å². The summed E-state index contributed by atoms with van der Waals surface area (Å²) < 4.78 is 0. The average Bonchev–Trinajstić information content (AvgIpc) is 2.91. The Morgan fingerprint density at radius 3 is 2.83 bits per heavy atom. The van der Waals surface area contributed by atoms with Gasteiger partial charge in [0.2, 0.25) is 5.91 Å². The minimum atomic E-state index is 0.0516. The Labute approximate surface area is 112 Å². The summed E-state index contributed by atoms with van der Waals surface area (Å²) in [5, 5.41) is 2.97. The van der Waals surface area contributed by atoms with Gasteiger partial charge in [0.15, 0.2) is 0 Å². The zero-order valence-corrected chi connectivity index (χ0v) is 11.5. The molecule has 0 atom stereocenters. The highest BCUT2D eigenvalue weighted by atomic mass is 32.1. The van der Waals surface area contributed by atoms with Crippen LogP contribution in [-0.4, -0.2) is 17.4 Å². The van der Waals surface area contributed by atoms with Gasteiger partial charge in [-0.15, -0.1) is 11.3 Å². The number of hydrogen-bond acceptors (Lipinski definition) is 4. The second-order valence-corrected chi connectivity index (χ2v) is 6.16. The van der Waals surface area contributed by atoms with Crippen LogP contribution in [0.4, 0.5) is 0 Å². The second-order valence-electron chi connectivity index (χ2n) is 5.19. The molecule has 0 radical (unpaired) electrons. The Hall–Kier alpha value is -0.940. The van der Waals surface area contributed by atoms with Crippen molar-refractivity contribution in [3.05, 3.63) is 16.6 Å². The molecule has 0 bridgehead atoms. The van der Waals surface area contributed by atoms with Gasteiger partial charge in [-0.2, -0.15) is 0 Å². The minimum absolute atomic E-state index is 0.0516. The SMILES string of the molecule is NCC1(CC(=O)NCc2cncs2)CCCCC1. The van der Waals surface area contributed by atoms with Gasteiger partial charge in [-0.05, 0) is 24.8 Å². The molecule has 1 saturated carbocycles. The highest BCUT2D eigenvalue weighted by molar-refractivity contribution is 7.09. The highest BCUT2D eigenvalue weighted by Gasteiger charge is 2.32. The third kappa shape index (κ3) is 3.53. The summed E-state index contributed by atoms with van der Waals surface area (Å²) in [4.78, 5) is 17.1. The van der Waals surface area contributed by atoms with Crippen LogP contribution in [0.1, 0.15) is 43.4 Å². The van der Waals surface area contributed by atoms with Crippen LogP contribution >= 0.6 is 11.3 Å². The van der Waals surface area contributed by atoms with Crippen molar-refractivity contribution in [2.75, 3.05) is 6.54 Å². The van der Waals surface area contributed by atoms with E-state index in [-0.39, 0.29) is 11.3 Å². The molecular formula is C13H21N3OS. The number of nitrogens with two attached hydrogens (primary N) is 1. The lowest BCUT2D eigenvalue weighted by atomic mass is 9.71. The van der Waals surface area contributed by atoms with Gasteiger partial charge in [0.25, 0.3) is 0 Å². The molecule has 0 saturated heterocycles. The van der Waals surface area contributed by atoms with E-state index in [4.69, 9.17) is 5.73 Å². The maximum Gasteiger partial charge on any atom is 0.220 e. The molecule has 100 valence electrons. The Kier molecular flexibility index (Phi) is 4.72. The van der Waals surface area contributed by atoms with Crippen LogP contribution in [0.3, 0.4) is 0 Å². The van der Waals surface area contributed by atoms with Gasteiger partial charge in [-0.1, -0.05) is 19.3 Å². The Balaban J connectivity index is 1.81. The van der Waals surface area contributed by atoms with E-state index in [2.05, 4.69) is 10.3 Å². The molecule has 0 aromatic carbocycles. The Bertz CT molecular complexity index is 372.